The summed E-state index contributed by atoms with van der Waals surface area (Å²) in [5, 5.41) is 2.66. The summed E-state index contributed by atoms with van der Waals surface area (Å²) in [5.41, 5.74) is 1.94. The van der Waals surface area contributed by atoms with Crippen molar-refractivity contribution in [3.05, 3.63) is 52.4 Å². The molecule has 1 saturated carbocycles. The lowest BCUT2D eigenvalue weighted by molar-refractivity contribution is 0.597. The molecule has 0 N–H and O–H groups in total. The Morgan fingerprint density at radius 3 is 2.73 bits per heavy atom. The quantitative estimate of drug-likeness (QED) is 0.659. The van der Waals surface area contributed by atoms with E-state index in [2.05, 4.69) is 4.98 Å². The number of fused-ring (bicyclic) bond motifs is 1. The van der Waals surface area contributed by atoms with E-state index in [1.54, 1.807) is 10.9 Å². The molecule has 0 spiro atoms. The van der Waals surface area contributed by atoms with Gasteiger partial charge in [0.2, 0.25) is 0 Å². The van der Waals surface area contributed by atoms with Gasteiger partial charge in [0.25, 0.3) is 5.56 Å². The lowest BCUT2D eigenvalue weighted by atomic mass is 10.1. The number of benzene rings is 1. The maximum atomic E-state index is 12.8. The van der Waals surface area contributed by atoms with Gasteiger partial charge in [0.1, 0.15) is 9.16 Å². The minimum atomic E-state index is -0.689. The fraction of sp³-hybridized carbons (Fsp3) is 0.250. The maximum Gasteiger partial charge on any atom is 0.262 e. The predicted octanol–water partition coefficient (Wildman–Crippen LogP) is 4.32. The molecule has 0 bridgehead atoms. The Morgan fingerprint density at radius 1 is 1.32 bits per heavy atom. The molecule has 0 aliphatic heterocycles. The third kappa shape index (κ3) is 2.35. The molecule has 1 atom stereocenters. The summed E-state index contributed by atoms with van der Waals surface area (Å²) in [6.45, 7) is 0.513. The van der Waals surface area contributed by atoms with Crippen molar-refractivity contribution in [1.82, 2.24) is 9.55 Å². The Morgan fingerprint density at radius 2 is 2.05 bits per heavy atom. The zero-order chi connectivity index (χ0) is 15.3. The van der Waals surface area contributed by atoms with Crippen LogP contribution in [0, 0.1) is 5.92 Å². The van der Waals surface area contributed by atoms with Crippen molar-refractivity contribution >= 4 is 44.8 Å². The standard InChI is InChI=1S/C16H12Cl2N2OS/c17-16(18)6-11(16)7-20-9-19-14-13(15(20)21)12(8-22-14)10-4-2-1-3-5-10/h1-5,8-9,11H,6-7H2. The van der Waals surface area contributed by atoms with Gasteiger partial charge in [0, 0.05) is 23.4 Å². The van der Waals surface area contributed by atoms with Crippen LogP contribution in [0.25, 0.3) is 21.3 Å². The summed E-state index contributed by atoms with van der Waals surface area (Å²) in [6.07, 6.45) is 2.31. The molecule has 1 aromatic carbocycles. The van der Waals surface area contributed by atoms with Crippen molar-refractivity contribution in [1.29, 1.82) is 0 Å². The number of alkyl halides is 2. The monoisotopic (exact) mass is 350 g/mol. The fourth-order valence-corrected chi connectivity index (χ4v) is 4.05. The van der Waals surface area contributed by atoms with E-state index >= 15 is 0 Å². The second-order valence-electron chi connectivity index (χ2n) is 5.56. The molecule has 3 aromatic rings. The highest BCUT2D eigenvalue weighted by Crippen LogP contribution is 2.53. The van der Waals surface area contributed by atoms with Crippen molar-refractivity contribution < 1.29 is 0 Å². The first-order chi connectivity index (χ1) is 10.6. The van der Waals surface area contributed by atoms with Crippen LogP contribution in [-0.4, -0.2) is 13.9 Å². The van der Waals surface area contributed by atoms with Crippen molar-refractivity contribution in [2.45, 2.75) is 17.3 Å². The summed E-state index contributed by atoms with van der Waals surface area (Å²) in [5.74, 6) is 0.117. The number of thiophene rings is 1. The van der Waals surface area contributed by atoms with Crippen molar-refractivity contribution in [2.24, 2.45) is 5.92 Å². The van der Waals surface area contributed by atoms with E-state index in [-0.39, 0.29) is 11.5 Å². The number of halogens is 2. The Labute approximate surface area is 141 Å². The van der Waals surface area contributed by atoms with Gasteiger partial charge in [-0.2, -0.15) is 0 Å². The third-order valence-corrected chi connectivity index (χ3v) is 5.83. The molecule has 22 heavy (non-hydrogen) atoms. The molecule has 6 heteroatoms. The molecular weight excluding hydrogens is 339 g/mol. The molecule has 1 fully saturated rings. The molecule has 112 valence electrons. The van der Waals surface area contributed by atoms with Gasteiger partial charge in [-0.05, 0) is 12.0 Å². The minimum Gasteiger partial charge on any atom is -0.298 e. The maximum absolute atomic E-state index is 12.8. The number of rotatable bonds is 3. The molecule has 1 aliphatic carbocycles. The van der Waals surface area contributed by atoms with Crippen LogP contribution in [0.4, 0.5) is 0 Å². The Hall–Kier alpha value is -1.36. The zero-order valence-electron chi connectivity index (χ0n) is 11.5. The number of hydrogen-bond donors (Lipinski definition) is 0. The second-order valence-corrected chi connectivity index (χ2v) is 7.96. The smallest absolute Gasteiger partial charge is 0.262 e. The molecular formula is C16H12Cl2N2OS. The van der Waals surface area contributed by atoms with E-state index in [0.717, 1.165) is 22.4 Å². The summed E-state index contributed by atoms with van der Waals surface area (Å²) in [7, 11) is 0. The van der Waals surface area contributed by atoms with Gasteiger partial charge in [-0.1, -0.05) is 30.3 Å². The van der Waals surface area contributed by atoms with Gasteiger partial charge in [-0.3, -0.25) is 9.36 Å². The van der Waals surface area contributed by atoms with Crippen LogP contribution in [0.15, 0.2) is 46.8 Å². The molecule has 3 nitrogen and oxygen atoms in total. The van der Waals surface area contributed by atoms with Gasteiger partial charge in [0.05, 0.1) is 11.7 Å². The molecule has 0 saturated heterocycles. The highest BCUT2D eigenvalue weighted by Gasteiger charge is 2.51. The summed E-state index contributed by atoms with van der Waals surface area (Å²) in [6, 6.07) is 9.90. The molecule has 0 amide bonds. The summed E-state index contributed by atoms with van der Waals surface area (Å²) >= 11 is 13.6. The van der Waals surface area contributed by atoms with Gasteiger partial charge in [-0.15, -0.1) is 34.5 Å². The van der Waals surface area contributed by atoms with E-state index in [1.807, 2.05) is 35.7 Å². The highest BCUT2D eigenvalue weighted by atomic mass is 35.5. The number of aromatic nitrogens is 2. The SMILES string of the molecule is O=c1c2c(-c3ccccc3)csc2ncn1CC1CC1(Cl)Cl. The average Bonchev–Trinajstić information content (AvgIpc) is 2.94. The first-order valence-corrected chi connectivity index (χ1v) is 8.60. The lowest BCUT2D eigenvalue weighted by Crippen LogP contribution is -2.22. The highest BCUT2D eigenvalue weighted by molar-refractivity contribution is 7.17. The summed E-state index contributed by atoms with van der Waals surface area (Å²) < 4.78 is 0.934. The molecule has 2 heterocycles. The average molecular weight is 351 g/mol. The Balaban J connectivity index is 1.82. The van der Waals surface area contributed by atoms with Crippen molar-refractivity contribution in [3.8, 4) is 11.1 Å². The van der Waals surface area contributed by atoms with Crippen LogP contribution in [0.2, 0.25) is 0 Å². The second kappa shape index (κ2) is 5.08. The van der Waals surface area contributed by atoms with E-state index in [4.69, 9.17) is 23.2 Å². The van der Waals surface area contributed by atoms with Gasteiger partial charge in [0.15, 0.2) is 0 Å². The van der Waals surface area contributed by atoms with Crippen LogP contribution < -0.4 is 5.56 Å². The Bertz CT molecular complexity index is 901. The van der Waals surface area contributed by atoms with E-state index in [0.29, 0.717) is 11.9 Å². The minimum absolute atomic E-state index is 0.0267. The first-order valence-electron chi connectivity index (χ1n) is 6.96. The van der Waals surface area contributed by atoms with Crippen LogP contribution in [0.3, 0.4) is 0 Å². The van der Waals surface area contributed by atoms with Crippen LogP contribution in [0.5, 0.6) is 0 Å². The molecule has 4 rings (SSSR count). The van der Waals surface area contributed by atoms with Crippen LogP contribution in [0.1, 0.15) is 6.42 Å². The Kier molecular flexibility index (Phi) is 3.29. The van der Waals surface area contributed by atoms with Crippen LogP contribution >= 0.6 is 34.5 Å². The third-order valence-electron chi connectivity index (χ3n) is 4.02. The lowest BCUT2D eigenvalue weighted by Gasteiger charge is -2.06. The van der Waals surface area contributed by atoms with Crippen LogP contribution in [-0.2, 0) is 6.54 Å². The van der Waals surface area contributed by atoms with E-state index in [1.165, 1.54) is 11.3 Å². The normalized spacial score (nSPS) is 19.5. The first kappa shape index (κ1) is 14.2. The van der Waals surface area contributed by atoms with E-state index in [9.17, 15) is 4.79 Å². The molecule has 2 aromatic heterocycles. The van der Waals surface area contributed by atoms with Crippen molar-refractivity contribution in [2.75, 3.05) is 0 Å². The van der Waals surface area contributed by atoms with Gasteiger partial charge >= 0.3 is 0 Å². The van der Waals surface area contributed by atoms with Crippen molar-refractivity contribution in [3.63, 3.8) is 0 Å². The molecule has 1 unspecified atom stereocenters. The number of hydrogen-bond acceptors (Lipinski definition) is 3. The number of nitrogens with zero attached hydrogens (tertiary/aromatic N) is 2. The summed E-state index contributed by atoms with van der Waals surface area (Å²) in [4.78, 5) is 18.0. The topological polar surface area (TPSA) is 34.9 Å². The molecule has 0 radical (unpaired) electrons. The fourth-order valence-electron chi connectivity index (χ4n) is 2.63. The van der Waals surface area contributed by atoms with E-state index < -0.39 is 4.33 Å². The van der Waals surface area contributed by atoms with Gasteiger partial charge in [-0.25, -0.2) is 4.98 Å². The predicted molar refractivity (Wildman–Crippen MR) is 91.9 cm³/mol. The van der Waals surface area contributed by atoms with Gasteiger partial charge < -0.3 is 0 Å². The largest absolute Gasteiger partial charge is 0.298 e. The zero-order valence-corrected chi connectivity index (χ0v) is 13.8. The molecule has 1 aliphatic rings.